The zero-order valence-corrected chi connectivity index (χ0v) is 11.4. The minimum Gasteiger partial charge on any atom is -0.233 e. The zero-order chi connectivity index (χ0) is 11.7. The van der Waals surface area contributed by atoms with E-state index in [4.69, 9.17) is 23.2 Å². The van der Waals surface area contributed by atoms with Gasteiger partial charge < -0.3 is 0 Å². The van der Waals surface area contributed by atoms with Gasteiger partial charge >= 0.3 is 0 Å². The van der Waals surface area contributed by atoms with Gasteiger partial charge in [0.05, 0.1) is 5.02 Å². The summed E-state index contributed by atoms with van der Waals surface area (Å²) in [6, 6.07) is 7.23. The lowest BCUT2D eigenvalue weighted by Crippen LogP contribution is -1.93. The van der Waals surface area contributed by atoms with Crippen LogP contribution in [0.5, 0.6) is 0 Å². The first kappa shape index (κ1) is 11.8. The van der Waals surface area contributed by atoms with Crippen LogP contribution in [0.2, 0.25) is 10.2 Å². The molecule has 0 aliphatic rings. The Morgan fingerprint density at radius 2 is 1.88 bits per heavy atom. The van der Waals surface area contributed by atoms with Crippen LogP contribution in [-0.4, -0.2) is 9.97 Å². The lowest BCUT2D eigenvalue weighted by Gasteiger charge is -2.05. The monoisotopic (exact) mass is 316 g/mol. The van der Waals surface area contributed by atoms with Gasteiger partial charge in [0, 0.05) is 15.7 Å². The predicted octanol–water partition coefficient (Wildman–Crippen LogP) is 4.52. The van der Waals surface area contributed by atoms with E-state index in [1.165, 1.54) is 0 Å². The molecule has 0 radical (unpaired) electrons. The molecule has 0 aliphatic carbocycles. The fraction of sp³-hybridized carbons (Fsp3) is 0.0909. The molecule has 0 bridgehead atoms. The van der Waals surface area contributed by atoms with E-state index in [0.717, 1.165) is 15.7 Å². The van der Waals surface area contributed by atoms with E-state index in [1.54, 1.807) is 12.1 Å². The van der Waals surface area contributed by atoms with Crippen molar-refractivity contribution in [3.8, 4) is 11.4 Å². The third-order valence-corrected chi connectivity index (χ3v) is 3.01. The van der Waals surface area contributed by atoms with Crippen molar-refractivity contribution >= 4 is 39.1 Å². The molecule has 5 heteroatoms. The minimum atomic E-state index is 0.415. The standard InChI is InChI=1S/C11H7BrCl2N2/c1-6-4-10(14)16-11(15-6)8-5-7(12)2-3-9(8)13/h2-5H,1H3. The third kappa shape index (κ3) is 2.54. The van der Waals surface area contributed by atoms with Crippen molar-refractivity contribution in [2.45, 2.75) is 6.92 Å². The fourth-order valence-electron chi connectivity index (χ4n) is 1.32. The normalized spacial score (nSPS) is 10.5. The van der Waals surface area contributed by atoms with Crippen LogP contribution in [0.3, 0.4) is 0 Å². The van der Waals surface area contributed by atoms with E-state index in [9.17, 15) is 0 Å². The molecular formula is C11H7BrCl2N2. The van der Waals surface area contributed by atoms with Gasteiger partial charge in [0.15, 0.2) is 5.82 Å². The molecule has 82 valence electrons. The maximum Gasteiger partial charge on any atom is 0.162 e. The Morgan fingerprint density at radius 3 is 2.56 bits per heavy atom. The molecule has 0 saturated carbocycles. The molecule has 16 heavy (non-hydrogen) atoms. The summed E-state index contributed by atoms with van der Waals surface area (Å²) in [5, 5.41) is 1.02. The Bertz CT molecular complexity index is 523. The number of nitrogens with zero attached hydrogens (tertiary/aromatic N) is 2. The van der Waals surface area contributed by atoms with Crippen LogP contribution in [0, 0.1) is 6.92 Å². The Hall–Kier alpha value is -0.640. The van der Waals surface area contributed by atoms with Gasteiger partial charge in [-0.15, -0.1) is 0 Å². The molecule has 0 amide bonds. The lowest BCUT2D eigenvalue weighted by atomic mass is 10.2. The van der Waals surface area contributed by atoms with Crippen LogP contribution in [-0.2, 0) is 0 Å². The van der Waals surface area contributed by atoms with Crippen molar-refractivity contribution in [1.29, 1.82) is 0 Å². The molecule has 0 spiro atoms. The van der Waals surface area contributed by atoms with Crippen LogP contribution < -0.4 is 0 Å². The average Bonchev–Trinajstić information content (AvgIpc) is 2.20. The number of hydrogen-bond acceptors (Lipinski definition) is 2. The van der Waals surface area contributed by atoms with E-state index < -0.39 is 0 Å². The van der Waals surface area contributed by atoms with Crippen molar-refractivity contribution in [1.82, 2.24) is 9.97 Å². The van der Waals surface area contributed by atoms with Gasteiger partial charge in [-0.2, -0.15) is 0 Å². The van der Waals surface area contributed by atoms with Gasteiger partial charge in [-0.25, -0.2) is 9.97 Å². The van der Waals surface area contributed by atoms with Crippen molar-refractivity contribution in [2.75, 3.05) is 0 Å². The second kappa shape index (κ2) is 4.70. The summed E-state index contributed by atoms with van der Waals surface area (Å²) in [6.07, 6.45) is 0. The van der Waals surface area contributed by atoms with Crippen LogP contribution in [0.1, 0.15) is 5.69 Å². The topological polar surface area (TPSA) is 25.8 Å². The van der Waals surface area contributed by atoms with Crippen molar-refractivity contribution in [3.05, 3.63) is 44.6 Å². The average molecular weight is 318 g/mol. The summed E-state index contributed by atoms with van der Waals surface area (Å²) in [6.45, 7) is 1.86. The highest BCUT2D eigenvalue weighted by Gasteiger charge is 2.08. The molecule has 2 nitrogen and oxygen atoms in total. The van der Waals surface area contributed by atoms with Gasteiger partial charge in [0.2, 0.25) is 0 Å². The Balaban J connectivity index is 2.62. The first-order valence-electron chi connectivity index (χ1n) is 4.53. The van der Waals surface area contributed by atoms with Crippen LogP contribution in [0.15, 0.2) is 28.7 Å². The quantitative estimate of drug-likeness (QED) is 0.723. The van der Waals surface area contributed by atoms with Crippen LogP contribution >= 0.6 is 39.1 Å². The maximum absolute atomic E-state index is 6.09. The molecule has 0 atom stereocenters. The number of hydrogen-bond donors (Lipinski definition) is 0. The summed E-state index contributed by atoms with van der Waals surface area (Å²) in [7, 11) is 0. The first-order chi connectivity index (χ1) is 7.56. The highest BCUT2D eigenvalue weighted by atomic mass is 79.9. The van der Waals surface area contributed by atoms with Gasteiger partial charge in [0.1, 0.15) is 5.15 Å². The van der Waals surface area contributed by atoms with Gasteiger partial charge in [-0.05, 0) is 31.2 Å². The van der Waals surface area contributed by atoms with Gasteiger partial charge in [0.25, 0.3) is 0 Å². The SMILES string of the molecule is Cc1cc(Cl)nc(-c2cc(Br)ccc2Cl)n1. The molecule has 0 N–H and O–H groups in total. The second-order valence-electron chi connectivity index (χ2n) is 3.28. The molecule has 1 heterocycles. The summed E-state index contributed by atoms with van der Waals surface area (Å²) in [5.74, 6) is 0.538. The van der Waals surface area contributed by atoms with Gasteiger partial charge in [-0.3, -0.25) is 0 Å². The third-order valence-electron chi connectivity index (χ3n) is 1.99. The first-order valence-corrected chi connectivity index (χ1v) is 6.08. The number of halogens is 3. The molecule has 0 fully saturated rings. The molecule has 1 aromatic heterocycles. The molecule has 1 aromatic carbocycles. The Morgan fingerprint density at radius 1 is 1.12 bits per heavy atom. The summed E-state index contributed by atoms with van der Waals surface area (Å²) < 4.78 is 0.924. The van der Waals surface area contributed by atoms with E-state index in [-0.39, 0.29) is 0 Å². The summed E-state index contributed by atoms with van der Waals surface area (Å²) in [5.41, 5.74) is 1.58. The molecule has 2 aromatic rings. The molecule has 2 rings (SSSR count). The van der Waals surface area contributed by atoms with E-state index in [0.29, 0.717) is 16.0 Å². The van der Waals surface area contributed by atoms with Gasteiger partial charge in [-0.1, -0.05) is 39.1 Å². The van der Waals surface area contributed by atoms with Crippen LogP contribution in [0.25, 0.3) is 11.4 Å². The Labute approximate surface area is 112 Å². The lowest BCUT2D eigenvalue weighted by molar-refractivity contribution is 1.11. The van der Waals surface area contributed by atoms with Crippen molar-refractivity contribution in [2.24, 2.45) is 0 Å². The maximum atomic E-state index is 6.09. The van der Waals surface area contributed by atoms with E-state index in [1.807, 2.05) is 19.1 Å². The fourth-order valence-corrected chi connectivity index (χ4v) is 2.12. The molecule has 0 unspecified atom stereocenters. The van der Waals surface area contributed by atoms with E-state index in [2.05, 4.69) is 25.9 Å². The number of rotatable bonds is 1. The second-order valence-corrected chi connectivity index (χ2v) is 4.99. The smallest absolute Gasteiger partial charge is 0.162 e. The number of aryl methyl sites for hydroxylation is 1. The van der Waals surface area contributed by atoms with Crippen molar-refractivity contribution in [3.63, 3.8) is 0 Å². The van der Waals surface area contributed by atoms with Crippen molar-refractivity contribution < 1.29 is 0 Å². The highest BCUT2D eigenvalue weighted by molar-refractivity contribution is 9.10. The van der Waals surface area contributed by atoms with E-state index >= 15 is 0 Å². The summed E-state index contributed by atoms with van der Waals surface area (Å²) >= 11 is 15.4. The predicted molar refractivity (Wildman–Crippen MR) is 69.9 cm³/mol. The Kier molecular flexibility index (Phi) is 3.47. The molecule has 0 aliphatic heterocycles. The highest BCUT2D eigenvalue weighted by Crippen LogP contribution is 2.29. The zero-order valence-electron chi connectivity index (χ0n) is 8.34. The summed E-state index contributed by atoms with van der Waals surface area (Å²) in [4.78, 5) is 8.46. The largest absolute Gasteiger partial charge is 0.233 e. The minimum absolute atomic E-state index is 0.415. The molecular weight excluding hydrogens is 311 g/mol. The van der Waals surface area contributed by atoms with Crippen LogP contribution in [0.4, 0.5) is 0 Å². The molecule has 0 saturated heterocycles. The number of aromatic nitrogens is 2. The number of benzene rings is 1.